The average Bonchev–Trinajstić information content (AvgIpc) is 2.86. The second-order valence-corrected chi connectivity index (χ2v) is 5.23. The number of nitrogens with one attached hydrogen (secondary N) is 1. The topological polar surface area (TPSA) is 45.1 Å². The first-order valence-electron chi connectivity index (χ1n) is 6.32. The minimum absolute atomic E-state index is 0.250. The third kappa shape index (κ3) is 4.01. The second kappa shape index (κ2) is 6.63. The summed E-state index contributed by atoms with van der Waals surface area (Å²) in [5.41, 5.74) is 1.71. The fourth-order valence-corrected chi connectivity index (χ4v) is 2.48. The molecule has 0 saturated carbocycles. The van der Waals surface area contributed by atoms with Gasteiger partial charge in [-0.3, -0.25) is 0 Å². The molecule has 2 N–H and O–H groups in total. The maximum absolute atomic E-state index is 12.8. The zero-order valence-corrected chi connectivity index (χ0v) is 11.6. The lowest BCUT2D eigenvalue weighted by Crippen LogP contribution is -2.18. The van der Waals surface area contributed by atoms with Crippen LogP contribution in [-0.2, 0) is 0 Å². The van der Waals surface area contributed by atoms with E-state index < -0.39 is 0 Å². The Kier molecular flexibility index (Phi) is 4.87. The Balaban J connectivity index is 1.97. The van der Waals surface area contributed by atoms with Crippen molar-refractivity contribution < 1.29 is 9.50 Å². The molecule has 1 heterocycles. The molecule has 0 radical (unpaired) electrons. The van der Waals surface area contributed by atoms with Crippen molar-refractivity contribution >= 4 is 16.5 Å². The van der Waals surface area contributed by atoms with Gasteiger partial charge >= 0.3 is 0 Å². The number of benzene rings is 1. The number of nitrogens with zero attached hydrogens (tertiary/aromatic N) is 1. The molecule has 1 aromatic carbocycles. The number of thiazole rings is 1. The van der Waals surface area contributed by atoms with Gasteiger partial charge in [0.15, 0.2) is 5.13 Å². The minimum atomic E-state index is -0.344. The smallest absolute Gasteiger partial charge is 0.183 e. The van der Waals surface area contributed by atoms with Crippen molar-refractivity contribution in [2.24, 2.45) is 0 Å². The molecule has 0 amide bonds. The number of hydrogen-bond donors (Lipinski definition) is 2. The van der Waals surface area contributed by atoms with E-state index >= 15 is 0 Å². The van der Waals surface area contributed by atoms with Crippen molar-refractivity contribution in [3.05, 3.63) is 35.5 Å². The molecule has 102 valence electrons. The van der Waals surface area contributed by atoms with Gasteiger partial charge in [-0.15, -0.1) is 11.3 Å². The van der Waals surface area contributed by atoms with E-state index in [1.165, 1.54) is 23.5 Å². The summed E-state index contributed by atoms with van der Waals surface area (Å²) in [7, 11) is 0. The van der Waals surface area contributed by atoms with Crippen LogP contribution in [0.4, 0.5) is 9.52 Å². The highest BCUT2D eigenvalue weighted by molar-refractivity contribution is 7.14. The molecule has 0 aliphatic heterocycles. The van der Waals surface area contributed by atoms with Crippen LogP contribution in [0.3, 0.4) is 0 Å². The maximum Gasteiger partial charge on any atom is 0.183 e. The predicted octanol–water partition coefficient (Wildman–Crippen LogP) is 3.52. The highest BCUT2D eigenvalue weighted by Gasteiger charge is 2.07. The van der Waals surface area contributed by atoms with Crippen molar-refractivity contribution in [2.75, 3.05) is 11.9 Å². The van der Waals surface area contributed by atoms with Crippen LogP contribution >= 0.6 is 11.3 Å². The zero-order valence-electron chi connectivity index (χ0n) is 10.8. The molecular weight excluding hydrogens is 263 g/mol. The average molecular weight is 280 g/mol. The molecule has 1 unspecified atom stereocenters. The highest BCUT2D eigenvalue weighted by Crippen LogP contribution is 2.24. The minimum Gasteiger partial charge on any atom is -0.391 e. The summed E-state index contributed by atoms with van der Waals surface area (Å²) in [5, 5.41) is 15.4. The number of aromatic nitrogens is 1. The van der Waals surface area contributed by atoms with E-state index in [4.69, 9.17) is 0 Å². The van der Waals surface area contributed by atoms with E-state index in [1.54, 1.807) is 12.1 Å². The van der Waals surface area contributed by atoms with Crippen LogP contribution in [0.1, 0.15) is 19.8 Å². The lowest BCUT2D eigenvalue weighted by atomic mass is 10.2. The quantitative estimate of drug-likeness (QED) is 0.851. The number of halogens is 1. The maximum atomic E-state index is 12.8. The first-order valence-corrected chi connectivity index (χ1v) is 7.20. The summed E-state index contributed by atoms with van der Waals surface area (Å²) < 4.78 is 12.8. The van der Waals surface area contributed by atoms with Crippen molar-refractivity contribution in [3.63, 3.8) is 0 Å². The molecule has 0 aliphatic rings. The molecule has 0 saturated heterocycles. The standard InChI is InChI=1S/C14H17FN2OS/c1-2-3-12(18)8-16-14-17-13(9-19-14)10-4-6-11(15)7-5-10/h4-7,9,12,18H,2-3,8H2,1H3,(H,16,17). The van der Waals surface area contributed by atoms with Gasteiger partial charge in [-0.25, -0.2) is 9.37 Å². The lowest BCUT2D eigenvalue weighted by molar-refractivity contribution is 0.176. The fourth-order valence-electron chi connectivity index (χ4n) is 1.75. The molecule has 1 atom stereocenters. The third-order valence-electron chi connectivity index (χ3n) is 2.75. The number of hydrogen-bond acceptors (Lipinski definition) is 4. The molecule has 19 heavy (non-hydrogen) atoms. The molecule has 3 nitrogen and oxygen atoms in total. The molecule has 1 aromatic heterocycles. The molecule has 0 spiro atoms. The lowest BCUT2D eigenvalue weighted by Gasteiger charge is -2.09. The number of anilines is 1. The largest absolute Gasteiger partial charge is 0.391 e. The van der Waals surface area contributed by atoms with E-state index in [1.807, 2.05) is 12.3 Å². The van der Waals surface area contributed by atoms with Crippen LogP contribution in [0.25, 0.3) is 11.3 Å². The summed E-state index contributed by atoms with van der Waals surface area (Å²) in [6.07, 6.45) is 1.40. The van der Waals surface area contributed by atoms with Gasteiger partial charge in [-0.2, -0.15) is 0 Å². The fraction of sp³-hybridized carbons (Fsp3) is 0.357. The SMILES string of the molecule is CCCC(O)CNc1nc(-c2ccc(F)cc2)cs1. The molecule has 0 aliphatic carbocycles. The van der Waals surface area contributed by atoms with E-state index in [2.05, 4.69) is 10.3 Å². The van der Waals surface area contributed by atoms with Gasteiger partial charge in [0.25, 0.3) is 0 Å². The molecule has 2 aromatic rings. The van der Waals surface area contributed by atoms with Crippen LogP contribution in [-0.4, -0.2) is 22.7 Å². The van der Waals surface area contributed by atoms with E-state index in [0.29, 0.717) is 6.54 Å². The molecular formula is C14H17FN2OS. The number of rotatable bonds is 6. The van der Waals surface area contributed by atoms with Crippen LogP contribution < -0.4 is 5.32 Å². The molecule has 0 fully saturated rings. The number of aliphatic hydroxyl groups excluding tert-OH is 1. The summed E-state index contributed by atoms with van der Waals surface area (Å²) in [6, 6.07) is 6.26. The molecule has 0 bridgehead atoms. The Morgan fingerprint density at radius 3 is 2.79 bits per heavy atom. The second-order valence-electron chi connectivity index (χ2n) is 4.37. The first-order chi connectivity index (χ1) is 9.19. The summed E-state index contributed by atoms with van der Waals surface area (Å²) in [6.45, 7) is 2.55. The van der Waals surface area contributed by atoms with Crippen molar-refractivity contribution in [1.82, 2.24) is 4.98 Å². The Morgan fingerprint density at radius 2 is 2.11 bits per heavy atom. The normalized spacial score (nSPS) is 12.4. The summed E-state index contributed by atoms with van der Waals surface area (Å²) in [4.78, 5) is 4.42. The van der Waals surface area contributed by atoms with E-state index in [-0.39, 0.29) is 11.9 Å². The Bertz CT molecular complexity index is 512. The Labute approximate surface area is 116 Å². The first kappa shape index (κ1) is 14.0. The third-order valence-corrected chi connectivity index (χ3v) is 3.55. The Hall–Kier alpha value is -1.46. The van der Waals surface area contributed by atoms with Gasteiger partial charge in [0, 0.05) is 17.5 Å². The van der Waals surface area contributed by atoms with Crippen molar-refractivity contribution in [1.29, 1.82) is 0 Å². The van der Waals surface area contributed by atoms with E-state index in [0.717, 1.165) is 29.2 Å². The monoisotopic (exact) mass is 280 g/mol. The van der Waals surface area contributed by atoms with Gasteiger partial charge in [0.2, 0.25) is 0 Å². The Morgan fingerprint density at radius 1 is 1.37 bits per heavy atom. The van der Waals surface area contributed by atoms with Gasteiger partial charge in [0.1, 0.15) is 5.82 Å². The van der Waals surface area contributed by atoms with Crippen LogP contribution in [0, 0.1) is 5.82 Å². The van der Waals surface area contributed by atoms with E-state index in [9.17, 15) is 9.50 Å². The van der Waals surface area contributed by atoms with Gasteiger partial charge in [0.05, 0.1) is 11.8 Å². The van der Waals surface area contributed by atoms with Crippen molar-refractivity contribution in [2.45, 2.75) is 25.9 Å². The summed E-state index contributed by atoms with van der Waals surface area (Å²) >= 11 is 1.48. The predicted molar refractivity (Wildman–Crippen MR) is 76.9 cm³/mol. The van der Waals surface area contributed by atoms with Gasteiger partial charge in [-0.05, 0) is 30.7 Å². The zero-order chi connectivity index (χ0) is 13.7. The van der Waals surface area contributed by atoms with Crippen LogP contribution in [0.15, 0.2) is 29.6 Å². The van der Waals surface area contributed by atoms with Crippen molar-refractivity contribution in [3.8, 4) is 11.3 Å². The molecule has 2 rings (SSSR count). The van der Waals surface area contributed by atoms with Crippen LogP contribution in [0.2, 0.25) is 0 Å². The summed E-state index contributed by atoms with van der Waals surface area (Å²) in [5.74, 6) is -0.250. The van der Waals surface area contributed by atoms with Gasteiger partial charge in [-0.1, -0.05) is 13.3 Å². The number of aliphatic hydroxyl groups is 1. The molecule has 5 heteroatoms. The van der Waals surface area contributed by atoms with Gasteiger partial charge < -0.3 is 10.4 Å². The van der Waals surface area contributed by atoms with Crippen LogP contribution in [0.5, 0.6) is 0 Å². The highest BCUT2D eigenvalue weighted by atomic mass is 32.1.